The van der Waals surface area contributed by atoms with Crippen molar-refractivity contribution in [1.82, 2.24) is 24.4 Å². The highest BCUT2D eigenvalue weighted by Gasteiger charge is 2.42. The number of amides is 1. The first-order chi connectivity index (χ1) is 13.4. The lowest BCUT2D eigenvalue weighted by Crippen LogP contribution is -2.48. The Morgan fingerprint density at radius 1 is 1.32 bits per heavy atom. The van der Waals surface area contributed by atoms with Crippen molar-refractivity contribution in [2.24, 2.45) is 5.92 Å². The number of alkyl halides is 2. The lowest BCUT2D eigenvalue weighted by molar-refractivity contribution is 0.0529. The number of carbonyl (C=O) groups is 1. The molecule has 0 radical (unpaired) electrons. The van der Waals surface area contributed by atoms with Gasteiger partial charge in [0.1, 0.15) is 5.52 Å². The van der Waals surface area contributed by atoms with Crippen LogP contribution < -0.4 is 0 Å². The van der Waals surface area contributed by atoms with E-state index in [1.54, 1.807) is 4.90 Å². The third-order valence-electron chi connectivity index (χ3n) is 5.44. The molecule has 1 fully saturated rings. The van der Waals surface area contributed by atoms with E-state index >= 15 is 0 Å². The first-order valence-corrected chi connectivity index (χ1v) is 9.29. The Morgan fingerprint density at radius 3 is 2.79 bits per heavy atom. The number of aromatic amines is 1. The van der Waals surface area contributed by atoms with Gasteiger partial charge < -0.3 is 14.5 Å². The summed E-state index contributed by atoms with van der Waals surface area (Å²) in [7, 11) is 0. The number of imidazole rings is 2. The Hall–Kier alpha value is -2.55. The summed E-state index contributed by atoms with van der Waals surface area (Å²) >= 11 is 6.08. The SMILES string of the molecule is O=C(c1nc2c(F)ccc(Cl)c2[nH]1)N1Cc2cnc(C(F)F)n2CC1C1CC1. The van der Waals surface area contributed by atoms with Crippen LogP contribution in [0.2, 0.25) is 5.02 Å². The number of nitrogens with zero attached hydrogens (tertiary/aromatic N) is 4. The summed E-state index contributed by atoms with van der Waals surface area (Å²) in [6.45, 7) is 0.410. The van der Waals surface area contributed by atoms with E-state index < -0.39 is 18.1 Å². The van der Waals surface area contributed by atoms with Gasteiger partial charge in [0, 0.05) is 6.54 Å². The second-order valence-electron chi connectivity index (χ2n) is 7.20. The van der Waals surface area contributed by atoms with E-state index in [1.807, 2.05) is 0 Å². The summed E-state index contributed by atoms with van der Waals surface area (Å²) < 4.78 is 42.0. The van der Waals surface area contributed by atoms with Gasteiger partial charge in [-0.15, -0.1) is 0 Å². The molecule has 146 valence electrons. The van der Waals surface area contributed by atoms with Gasteiger partial charge >= 0.3 is 0 Å². The van der Waals surface area contributed by atoms with E-state index in [4.69, 9.17) is 11.6 Å². The predicted molar refractivity (Wildman–Crippen MR) is 94.6 cm³/mol. The van der Waals surface area contributed by atoms with Crippen molar-refractivity contribution in [3.05, 3.63) is 46.5 Å². The molecule has 0 spiro atoms. The van der Waals surface area contributed by atoms with Crippen LogP contribution in [0.5, 0.6) is 0 Å². The van der Waals surface area contributed by atoms with Gasteiger partial charge in [-0.05, 0) is 30.9 Å². The number of rotatable bonds is 3. The summed E-state index contributed by atoms with van der Waals surface area (Å²) in [5.41, 5.74) is 0.803. The van der Waals surface area contributed by atoms with Crippen molar-refractivity contribution in [3.8, 4) is 0 Å². The molecule has 1 aliphatic carbocycles. The standard InChI is InChI=1S/C18H15ClF3N5O/c19-10-3-4-11(20)14-13(10)24-16(25-14)18(28)27-6-9-5-23-17(15(21)22)26(9)7-12(27)8-1-2-8/h3-5,8,12,15H,1-2,6-7H2,(H,24,25). The molecular formula is C18H15ClF3N5O. The number of fused-ring (bicyclic) bond motifs is 2. The van der Waals surface area contributed by atoms with Crippen LogP contribution in [0.15, 0.2) is 18.3 Å². The molecule has 10 heteroatoms. The van der Waals surface area contributed by atoms with E-state index in [2.05, 4.69) is 15.0 Å². The molecule has 2 aromatic heterocycles. The molecule has 1 aromatic carbocycles. The van der Waals surface area contributed by atoms with Crippen LogP contribution in [0, 0.1) is 11.7 Å². The van der Waals surface area contributed by atoms with E-state index in [9.17, 15) is 18.0 Å². The van der Waals surface area contributed by atoms with Crippen molar-refractivity contribution in [2.45, 2.75) is 38.4 Å². The number of halogens is 4. The molecule has 1 atom stereocenters. The lowest BCUT2D eigenvalue weighted by atomic mass is 10.1. The predicted octanol–water partition coefficient (Wildman–Crippen LogP) is 3.92. The molecule has 0 saturated heterocycles. The Labute approximate surface area is 162 Å². The highest BCUT2D eigenvalue weighted by molar-refractivity contribution is 6.35. The van der Waals surface area contributed by atoms with Gasteiger partial charge in [-0.2, -0.15) is 0 Å². The summed E-state index contributed by atoms with van der Waals surface area (Å²) in [6, 6.07) is 2.35. The Balaban J connectivity index is 1.53. The molecule has 3 aromatic rings. The van der Waals surface area contributed by atoms with Gasteiger partial charge in [-0.1, -0.05) is 11.6 Å². The van der Waals surface area contributed by atoms with Crippen molar-refractivity contribution >= 4 is 28.5 Å². The number of carbonyl (C=O) groups excluding carboxylic acids is 1. The fraction of sp³-hybridized carbons (Fsp3) is 0.389. The fourth-order valence-corrected chi connectivity index (χ4v) is 4.09. The van der Waals surface area contributed by atoms with Crippen molar-refractivity contribution in [2.75, 3.05) is 0 Å². The number of hydrogen-bond donors (Lipinski definition) is 1. The van der Waals surface area contributed by atoms with Crippen LogP contribution in [-0.4, -0.2) is 36.4 Å². The number of hydrogen-bond acceptors (Lipinski definition) is 3. The smallest absolute Gasteiger partial charge is 0.295 e. The van der Waals surface area contributed by atoms with Crippen LogP contribution in [0.1, 0.15) is 41.4 Å². The fourth-order valence-electron chi connectivity index (χ4n) is 3.89. The Bertz CT molecular complexity index is 1050. The molecule has 1 saturated carbocycles. The zero-order chi connectivity index (χ0) is 19.6. The molecular weight excluding hydrogens is 395 g/mol. The number of nitrogens with one attached hydrogen (secondary N) is 1. The van der Waals surface area contributed by atoms with Crippen LogP contribution in [-0.2, 0) is 13.1 Å². The third-order valence-corrected chi connectivity index (χ3v) is 5.76. The molecule has 1 unspecified atom stereocenters. The van der Waals surface area contributed by atoms with Gasteiger partial charge in [-0.3, -0.25) is 4.79 Å². The zero-order valence-corrected chi connectivity index (χ0v) is 15.3. The van der Waals surface area contributed by atoms with Crippen molar-refractivity contribution < 1.29 is 18.0 Å². The maximum absolute atomic E-state index is 14.0. The molecule has 1 N–H and O–H groups in total. The lowest BCUT2D eigenvalue weighted by Gasteiger charge is -2.36. The Kier molecular flexibility index (Phi) is 3.90. The van der Waals surface area contributed by atoms with Gasteiger partial charge in [0.15, 0.2) is 17.5 Å². The average molecular weight is 410 g/mol. The quantitative estimate of drug-likeness (QED) is 0.713. The molecule has 6 nitrogen and oxygen atoms in total. The maximum atomic E-state index is 14.0. The van der Waals surface area contributed by atoms with Gasteiger partial charge in [-0.25, -0.2) is 23.1 Å². The first-order valence-electron chi connectivity index (χ1n) is 8.91. The van der Waals surface area contributed by atoms with E-state index in [0.717, 1.165) is 12.8 Å². The van der Waals surface area contributed by atoms with Gasteiger partial charge in [0.05, 0.1) is 35.0 Å². The van der Waals surface area contributed by atoms with Crippen molar-refractivity contribution in [3.63, 3.8) is 0 Å². The average Bonchev–Trinajstić information content (AvgIpc) is 3.26. The minimum Gasteiger partial charge on any atom is -0.333 e. The zero-order valence-electron chi connectivity index (χ0n) is 14.5. The maximum Gasteiger partial charge on any atom is 0.295 e. The van der Waals surface area contributed by atoms with Crippen LogP contribution in [0.4, 0.5) is 13.2 Å². The molecule has 1 amide bonds. The monoisotopic (exact) mass is 409 g/mol. The molecule has 1 aliphatic heterocycles. The number of aromatic nitrogens is 4. The molecule has 28 heavy (non-hydrogen) atoms. The topological polar surface area (TPSA) is 66.8 Å². The molecule has 5 rings (SSSR count). The summed E-state index contributed by atoms with van der Waals surface area (Å²) in [5, 5.41) is 0.264. The third kappa shape index (κ3) is 2.68. The first kappa shape index (κ1) is 17.5. The number of benzene rings is 1. The summed E-state index contributed by atoms with van der Waals surface area (Å²) in [5.74, 6) is -1.03. The minimum atomic E-state index is -2.67. The largest absolute Gasteiger partial charge is 0.333 e. The van der Waals surface area contributed by atoms with Gasteiger partial charge in [0.2, 0.25) is 0 Å². The second kappa shape index (κ2) is 6.23. The molecule has 2 aliphatic rings. The van der Waals surface area contributed by atoms with E-state index in [1.165, 1.54) is 22.9 Å². The second-order valence-corrected chi connectivity index (χ2v) is 7.60. The van der Waals surface area contributed by atoms with Crippen LogP contribution in [0.3, 0.4) is 0 Å². The highest BCUT2D eigenvalue weighted by Crippen LogP contribution is 2.40. The summed E-state index contributed by atoms with van der Waals surface area (Å²) in [4.78, 5) is 25.5. The van der Waals surface area contributed by atoms with E-state index in [0.29, 0.717) is 5.69 Å². The van der Waals surface area contributed by atoms with Gasteiger partial charge in [0.25, 0.3) is 12.3 Å². The van der Waals surface area contributed by atoms with E-state index in [-0.39, 0.29) is 52.8 Å². The highest BCUT2D eigenvalue weighted by atomic mass is 35.5. The number of H-pyrrole nitrogens is 1. The molecule has 0 bridgehead atoms. The Morgan fingerprint density at radius 2 is 2.11 bits per heavy atom. The minimum absolute atomic E-state index is 0.000796. The summed E-state index contributed by atoms with van der Waals surface area (Å²) in [6.07, 6.45) is 0.572. The normalized spacial score (nSPS) is 19.5. The van der Waals surface area contributed by atoms with Crippen LogP contribution in [0.25, 0.3) is 11.0 Å². The molecule has 3 heterocycles. The van der Waals surface area contributed by atoms with Crippen molar-refractivity contribution in [1.29, 1.82) is 0 Å². The van der Waals surface area contributed by atoms with Crippen LogP contribution >= 0.6 is 11.6 Å².